The SMILES string of the molecule is Cc1ccccc1Oc1ccc(S(=O)(=O)N2CCC(S(=O)(=O)CC(C)C)CC2)cc1. The van der Waals surface area contributed by atoms with Crippen LogP contribution >= 0.6 is 0 Å². The molecule has 0 spiro atoms. The quantitative estimate of drug-likeness (QED) is 0.635. The van der Waals surface area contributed by atoms with Crippen molar-refractivity contribution in [1.82, 2.24) is 4.31 Å². The van der Waals surface area contributed by atoms with Gasteiger partial charge in [0.2, 0.25) is 10.0 Å². The molecule has 164 valence electrons. The van der Waals surface area contributed by atoms with E-state index in [0.29, 0.717) is 18.6 Å². The van der Waals surface area contributed by atoms with Gasteiger partial charge in [-0.3, -0.25) is 0 Å². The molecule has 1 saturated heterocycles. The molecule has 0 radical (unpaired) electrons. The van der Waals surface area contributed by atoms with Gasteiger partial charge in [0.25, 0.3) is 0 Å². The number of nitrogens with zero attached hydrogens (tertiary/aromatic N) is 1. The Hall–Kier alpha value is -1.90. The summed E-state index contributed by atoms with van der Waals surface area (Å²) in [6.45, 7) is 6.13. The van der Waals surface area contributed by atoms with Crippen LogP contribution in [-0.4, -0.2) is 45.2 Å². The van der Waals surface area contributed by atoms with Gasteiger partial charge in [-0.15, -0.1) is 0 Å². The lowest BCUT2D eigenvalue weighted by atomic mass is 10.2. The number of hydrogen-bond donors (Lipinski definition) is 0. The number of ether oxygens (including phenoxy) is 1. The molecule has 30 heavy (non-hydrogen) atoms. The molecule has 6 nitrogen and oxygen atoms in total. The number of sulfonamides is 1. The standard InChI is InChI=1S/C22H29NO5S2/c1-17(2)16-29(24,25)20-12-14-23(15-13-20)30(26,27)21-10-8-19(9-11-21)28-22-7-5-4-6-18(22)3/h4-11,17,20H,12-16H2,1-3H3. The lowest BCUT2D eigenvalue weighted by Crippen LogP contribution is -2.43. The Morgan fingerprint density at radius 2 is 1.57 bits per heavy atom. The molecule has 0 unspecified atom stereocenters. The van der Waals surface area contributed by atoms with Crippen molar-refractivity contribution in [3.05, 3.63) is 54.1 Å². The first-order chi connectivity index (χ1) is 14.1. The second kappa shape index (κ2) is 9.08. The highest BCUT2D eigenvalue weighted by Crippen LogP contribution is 2.28. The molecule has 1 aliphatic rings. The number of rotatable bonds is 7. The van der Waals surface area contributed by atoms with E-state index in [1.165, 1.54) is 16.4 Å². The maximum absolute atomic E-state index is 13.0. The monoisotopic (exact) mass is 451 g/mol. The second-order valence-corrected chi connectivity index (χ2v) is 12.4. The minimum Gasteiger partial charge on any atom is -0.457 e. The topological polar surface area (TPSA) is 80.8 Å². The Morgan fingerprint density at radius 1 is 0.967 bits per heavy atom. The maximum Gasteiger partial charge on any atom is 0.243 e. The lowest BCUT2D eigenvalue weighted by molar-refractivity contribution is 0.345. The van der Waals surface area contributed by atoms with Gasteiger partial charge >= 0.3 is 0 Å². The fraction of sp³-hybridized carbons (Fsp3) is 0.455. The van der Waals surface area contributed by atoms with E-state index >= 15 is 0 Å². The summed E-state index contributed by atoms with van der Waals surface area (Å²) >= 11 is 0. The minimum atomic E-state index is -3.67. The Kier molecular flexibility index (Phi) is 6.89. The van der Waals surface area contributed by atoms with Crippen LogP contribution in [0.2, 0.25) is 0 Å². The van der Waals surface area contributed by atoms with Gasteiger partial charge in [-0.2, -0.15) is 4.31 Å². The summed E-state index contributed by atoms with van der Waals surface area (Å²) < 4.78 is 58.1. The molecule has 1 heterocycles. The van der Waals surface area contributed by atoms with Crippen molar-refractivity contribution >= 4 is 19.9 Å². The van der Waals surface area contributed by atoms with Gasteiger partial charge in [-0.25, -0.2) is 16.8 Å². The Morgan fingerprint density at radius 3 is 2.13 bits per heavy atom. The number of para-hydroxylation sites is 1. The molecular weight excluding hydrogens is 422 g/mol. The van der Waals surface area contributed by atoms with E-state index < -0.39 is 25.1 Å². The smallest absolute Gasteiger partial charge is 0.243 e. The zero-order valence-electron chi connectivity index (χ0n) is 17.6. The molecule has 3 rings (SSSR count). The highest BCUT2D eigenvalue weighted by molar-refractivity contribution is 7.92. The van der Waals surface area contributed by atoms with Crippen LogP contribution in [0.25, 0.3) is 0 Å². The van der Waals surface area contributed by atoms with Crippen molar-refractivity contribution in [2.24, 2.45) is 5.92 Å². The predicted octanol–water partition coefficient (Wildman–Crippen LogP) is 4.01. The summed E-state index contributed by atoms with van der Waals surface area (Å²) in [6, 6.07) is 13.9. The van der Waals surface area contributed by atoms with E-state index in [2.05, 4.69) is 0 Å². The predicted molar refractivity (Wildman–Crippen MR) is 118 cm³/mol. The minimum absolute atomic E-state index is 0.0668. The summed E-state index contributed by atoms with van der Waals surface area (Å²) in [5.74, 6) is 1.49. The fourth-order valence-corrected chi connectivity index (χ4v) is 7.26. The fourth-order valence-electron chi connectivity index (χ4n) is 3.66. The molecule has 0 bridgehead atoms. The number of aryl methyl sites for hydroxylation is 1. The van der Waals surface area contributed by atoms with Crippen molar-refractivity contribution < 1.29 is 21.6 Å². The third-order valence-electron chi connectivity index (χ3n) is 5.26. The molecule has 1 fully saturated rings. The van der Waals surface area contributed by atoms with E-state index in [9.17, 15) is 16.8 Å². The van der Waals surface area contributed by atoms with Crippen molar-refractivity contribution in [2.75, 3.05) is 18.8 Å². The first kappa shape index (κ1) is 22.8. The molecule has 0 N–H and O–H groups in total. The molecule has 0 atom stereocenters. The number of benzene rings is 2. The van der Waals surface area contributed by atoms with Gasteiger partial charge in [0.15, 0.2) is 9.84 Å². The van der Waals surface area contributed by atoms with Gasteiger partial charge < -0.3 is 4.74 Å². The van der Waals surface area contributed by atoms with Crippen molar-refractivity contribution in [2.45, 2.75) is 43.8 Å². The first-order valence-corrected chi connectivity index (χ1v) is 13.3. The summed E-state index contributed by atoms with van der Waals surface area (Å²) in [6.07, 6.45) is 0.672. The average molecular weight is 452 g/mol. The van der Waals surface area contributed by atoms with Crippen LogP contribution in [0.15, 0.2) is 53.4 Å². The largest absolute Gasteiger partial charge is 0.457 e. The van der Waals surface area contributed by atoms with E-state index in [1.807, 2.05) is 45.0 Å². The number of sulfone groups is 1. The summed E-state index contributed by atoms with van der Waals surface area (Å²) in [5.41, 5.74) is 0.990. The normalized spacial score (nSPS) is 16.7. The molecule has 2 aromatic carbocycles. The highest BCUT2D eigenvalue weighted by Gasteiger charge is 2.35. The summed E-state index contributed by atoms with van der Waals surface area (Å²) in [5, 5.41) is -0.462. The molecule has 0 aromatic heterocycles. The lowest BCUT2D eigenvalue weighted by Gasteiger charge is -2.31. The van der Waals surface area contributed by atoms with Crippen molar-refractivity contribution in [3.63, 3.8) is 0 Å². The molecule has 2 aromatic rings. The summed E-state index contributed by atoms with van der Waals surface area (Å²) in [7, 11) is -6.86. The Labute approximate surface area is 179 Å². The third kappa shape index (κ3) is 5.22. The van der Waals surface area contributed by atoms with Gasteiger partial charge in [0.05, 0.1) is 15.9 Å². The Balaban J connectivity index is 1.67. The van der Waals surface area contributed by atoms with Crippen LogP contribution < -0.4 is 4.74 Å². The van der Waals surface area contributed by atoms with Gasteiger partial charge in [0.1, 0.15) is 11.5 Å². The van der Waals surface area contributed by atoms with Crippen LogP contribution in [0.3, 0.4) is 0 Å². The van der Waals surface area contributed by atoms with Crippen molar-refractivity contribution in [1.29, 1.82) is 0 Å². The highest BCUT2D eigenvalue weighted by atomic mass is 32.2. The third-order valence-corrected chi connectivity index (χ3v) is 9.79. The van der Waals surface area contributed by atoms with Gasteiger partial charge in [-0.1, -0.05) is 32.0 Å². The van der Waals surface area contributed by atoms with Crippen LogP contribution in [0.5, 0.6) is 11.5 Å². The number of piperidine rings is 1. The molecule has 0 amide bonds. The van der Waals surface area contributed by atoms with Gasteiger partial charge in [-0.05, 0) is 61.6 Å². The van der Waals surface area contributed by atoms with Crippen LogP contribution in [0, 0.1) is 12.8 Å². The van der Waals surface area contributed by atoms with Crippen LogP contribution in [-0.2, 0) is 19.9 Å². The summed E-state index contributed by atoms with van der Waals surface area (Å²) in [4.78, 5) is 0.183. The van der Waals surface area contributed by atoms with Crippen LogP contribution in [0.1, 0.15) is 32.3 Å². The maximum atomic E-state index is 13.0. The van der Waals surface area contributed by atoms with E-state index in [0.717, 1.165) is 11.3 Å². The van der Waals surface area contributed by atoms with E-state index in [4.69, 9.17) is 4.74 Å². The molecule has 1 aliphatic heterocycles. The van der Waals surface area contributed by atoms with Crippen LogP contribution in [0.4, 0.5) is 0 Å². The molecule has 8 heteroatoms. The second-order valence-electron chi connectivity index (χ2n) is 8.17. The number of hydrogen-bond acceptors (Lipinski definition) is 5. The first-order valence-electron chi connectivity index (χ1n) is 10.1. The molecule has 0 saturated carbocycles. The zero-order valence-corrected chi connectivity index (χ0v) is 19.2. The van der Waals surface area contributed by atoms with Crippen molar-refractivity contribution in [3.8, 4) is 11.5 Å². The molecule has 0 aliphatic carbocycles. The zero-order chi connectivity index (χ0) is 21.9. The van der Waals surface area contributed by atoms with Gasteiger partial charge in [0, 0.05) is 13.1 Å². The average Bonchev–Trinajstić information content (AvgIpc) is 2.69. The van der Waals surface area contributed by atoms with E-state index in [-0.39, 0.29) is 29.7 Å². The molecular formula is C22H29NO5S2. The van der Waals surface area contributed by atoms with E-state index in [1.54, 1.807) is 12.1 Å². The Bertz CT molecular complexity index is 1070.